The maximum absolute atomic E-state index is 13.4. The van der Waals surface area contributed by atoms with E-state index in [2.05, 4.69) is 4.72 Å². The molecule has 12 nitrogen and oxygen atoms in total. The summed E-state index contributed by atoms with van der Waals surface area (Å²) in [5.74, 6) is -3.19. The fraction of sp³-hybridized carbons (Fsp3) is 0.261. The number of fused-ring (bicyclic) bond motifs is 5. The third-order valence-corrected chi connectivity index (χ3v) is 7.85. The SMILES string of the molecule is CC(=O)Oc1ccc(N2C(=O)C3C4C=CC(CNS(=O)(=O)c5ccccc5[N+](=O)[O-])(O4)C3C2=O)cc1. The van der Waals surface area contributed by atoms with Crippen LogP contribution in [0.1, 0.15) is 6.92 Å². The highest BCUT2D eigenvalue weighted by molar-refractivity contribution is 7.89. The molecule has 2 fully saturated rings. The van der Waals surface area contributed by atoms with Crippen LogP contribution in [-0.4, -0.2) is 49.4 Å². The molecule has 186 valence electrons. The molecule has 0 saturated carbocycles. The zero-order chi connectivity index (χ0) is 25.8. The third-order valence-electron chi connectivity index (χ3n) is 6.40. The van der Waals surface area contributed by atoms with Gasteiger partial charge in [-0.2, -0.15) is 0 Å². The van der Waals surface area contributed by atoms with Crippen LogP contribution in [0.2, 0.25) is 0 Å². The average Bonchev–Trinajstić information content (AvgIpc) is 3.48. The van der Waals surface area contributed by atoms with Gasteiger partial charge in [-0.1, -0.05) is 24.3 Å². The molecule has 36 heavy (non-hydrogen) atoms. The summed E-state index contributed by atoms with van der Waals surface area (Å²) in [7, 11) is -4.35. The second-order valence-electron chi connectivity index (χ2n) is 8.55. The maximum Gasteiger partial charge on any atom is 0.308 e. The molecule has 0 aliphatic carbocycles. The zero-order valence-corrected chi connectivity index (χ0v) is 19.5. The average molecular weight is 513 g/mol. The second kappa shape index (κ2) is 8.33. The molecule has 5 rings (SSSR count). The first-order chi connectivity index (χ1) is 17.0. The second-order valence-corrected chi connectivity index (χ2v) is 10.3. The quantitative estimate of drug-likeness (QED) is 0.144. The van der Waals surface area contributed by atoms with Crippen LogP contribution in [0.4, 0.5) is 11.4 Å². The number of hydrogen-bond donors (Lipinski definition) is 1. The lowest BCUT2D eigenvalue weighted by Gasteiger charge is -2.29. The van der Waals surface area contributed by atoms with E-state index in [1.807, 2.05) is 0 Å². The maximum atomic E-state index is 13.4. The number of nitro benzene ring substituents is 1. The zero-order valence-electron chi connectivity index (χ0n) is 18.7. The van der Waals surface area contributed by atoms with Crippen LogP contribution >= 0.6 is 0 Å². The van der Waals surface area contributed by atoms with E-state index in [9.17, 15) is 32.9 Å². The van der Waals surface area contributed by atoms with Crippen molar-refractivity contribution in [3.8, 4) is 5.75 Å². The number of carbonyl (C=O) groups is 3. The summed E-state index contributed by atoms with van der Waals surface area (Å²) >= 11 is 0. The summed E-state index contributed by atoms with van der Waals surface area (Å²) in [6.07, 6.45) is 2.44. The van der Waals surface area contributed by atoms with Crippen molar-refractivity contribution in [1.82, 2.24) is 4.72 Å². The van der Waals surface area contributed by atoms with E-state index < -0.39 is 73.4 Å². The van der Waals surface area contributed by atoms with Gasteiger partial charge in [-0.25, -0.2) is 18.0 Å². The van der Waals surface area contributed by atoms with Crippen molar-refractivity contribution in [3.63, 3.8) is 0 Å². The van der Waals surface area contributed by atoms with E-state index in [0.717, 1.165) is 17.0 Å². The lowest BCUT2D eigenvalue weighted by molar-refractivity contribution is -0.387. The van der Waals surface area contributed by atoms with Crippen LogP contribution in [0, 0.1) is 22.0 Å². The number of anilines is 1. The lowest BCUT2D eigenvalue weighted by atomic mass is 9.77. The number of imide groups is 1. The molecule has 2 aromatic carbocycles. The Kier molecular flexibility index (Phi) is 5.50. The summed E-state index contributed by atoms with van der Waals surface area (Å²) in [6, 6.07) is 10.7. The molecule has 1 N–H and O–H groups in total. The monoisotopic (exact) mass is 513 g/mol. The van der Waals surface area contributed by atoms with Crippen LogP contribution in [0.5, 0.6) is 5.75 Å². The Morgan fingerprint density at radius 3 is 2.53 bits per heavy atom. The molecular weight excluding hydrogens is 494 g/mol. The molecule has 4 atom stereocenters. The van der Waals surface area contributed by atoms with Gasteiger partial charge in [0.1, 0.15) is 11.4 Å². The lowest BCUT2D eigenvalue weighted by Crippen LogP contribution is -2.48. The highest BCUT2D eigenvalue weighted by atomic mass is 32.2. The van der Waals surface area contributed by atoms with Gasteiger partial charge in [-0.3, -0.25) is 24.5 Å². The van der Waals surface area contributed by atoms with Crippen molar-refractivity contribution in [2.24, 2.45) is 11.8 Å². The molecule has 0 aromatic heterocycles. The Morgan fingerprint density at radius 1 is 1.17 bits per heavy atom. The number of sulfonamides is 1. The molecule has 2 amide bonds. The van der Waals surface area contributed by atoms with Gasteiger partial charge in [-0.05, 0) is 30.3 Å². The molecule has 2 bridgehead atoms. The summed E-state index contributed by atoms with van der Waals surface area (Å²) < 4.78 is 39.1. The van der Waals surface area contributed by atoms with E-state index >= 15 is 0 Å². The van der Waals surface area contributed by atoms with Gasteiger partial charge in [0.25, 0.3) is 5.69 Å². The molecule has 3 aliphatic rings. The van der Waals surface area contributed by atoms with E-state index in [0.29, 0.717) is 0 Å². The topological polar surface area (TPSA) is 162 Å². The summed E-state index contributed by atoms with van der Waals surface area (Å²) in [6.45, 7) is 0.836. The predicted molar refractivity (Wildman–Crippen MR) is 122 cm³/mol. The molecule has 4 unspecified atom stereocenters. The van der Waals surface area contributed by atoms with Crippen molar-refractivity contribution >= 4 is 39.2 Å². The Morgan fingerprint density at radius 2 is 1.86 bits per heavy atom. The Bertz CT molecular complexity index is 1440. The summed E-state index contributed by atoms with van der Waals surface area (Å²) in [5, 5.41) is 11.3. The largest absolute Gasteiger partial charge is 0.427 e. The summed E-state index contributed by atoms with van der Waals surface area (Å²) in [5.41, 5.74) is -1.76. The summed E-state index contributed by atoms with van der Waals surface area (Å²) in [4.78, 5) is 48.8. The van der Waals surface area contributed by atoms with Crippen molar-refractivity contribution in [1.29, 1.82) is 0 Å². The Balaban J connectivity index is 1.40. The van der Waals surface area contributed by atoms with Gasteiger partial charge in [0, 0.05) is 19.5 Å². The van der Waals surface area contributed by atoms with Gasteiger partial charge in [0.05, 0.1) is 28.6 Å². The van der Waals surface area contributed by atoms with E-state index in [1.54, 1.807) is 12.2 Å². The van der Waals surface area contributed by atoms with E-state index in [1.165, 1.54) is 43.3 Å². The number of nitrogens with zero attached hydrogens (tertiary/aromatic N) is 2. The number of rotatable bonds is 7. The number of amides is 2. The highest BCUT2D eigenvalue weighted by Crippen LogP contribution is 2.52. The number of carbonyl (C=O) groups excluding carboxylic acids is 3. The van der Waals surface area contributed by atoms with Gasteiger partial charge in [0.15, 0.2) is 4.90 Å². The first-order valence-electron chi connectivity index (χ1n) is 10.8. The number of nitro groups is 1. The molecule has 3 heterocycles. The molecule has 0 radical (unpaired) electrons. The van der Waals surface area contributed by atoms with E-state index in [-0.39, 0.29) is 11.4 Å². The predicted octanol–water partition coefficient (Wildman–Crippen LogP) is 1.31. The number of ether oxygens (including phenoxy) is 2. The van der Waals surface area contributed by atoms with Crippen molar-refractivity contribution in [2.75, 3.05) is 11.4 Å². The highest BCUT2D eigenvalue weighted by Gasteiger charge is 2.67. The minimum absolute atomic E-state index is 0.247. The molecule has 0 spiro atoms. The Labute approximate surface area is 204 Å². The molecule has 3 aliphatic heterocycles. The van der Waals surface area contributed by atoms with Gasteiger partial charge in [0.2, 0.25) is 21.8 Å². The third kappa shape index (κ3) is 3.68. The van der Waals surface area contributed by atoms with Gasteiger partial charge < -0.3 is 9.47 Å². The Hall–Kier alpha value is -3.94. The van der Waals surface area contributed by atoms with Crippen LogP contribution < -0.4 is 14.4 Å². The van der Waals surface area contributed by atoms with Crippen LogP contribution in [0.25, 0.3) is 0 Å². The number of hydrogen-bond acceptors (Lipinski definition) is 9. The number of benzene rings is 2. The van der Waals surface area contributed by atoms with Crippen molar-refractivity contribution in [2.45, 2.75) is 23.5 Å². The van der Waals surface area contributed by atoms with Crippen molar-refractivity contribution in [3.05, 3.63) is 70.8 Å². The molecular formula is C23H19N3O9S. The number of esters is 1. The van der Waals surface area contributed by atoms with E-state index in [4.69, 9.17) is 9.47 Å². The smallest absolute Gasteiger partial charge is 0.308 e. The van der Waals surface area contributed by atoms with Crippen LogP contribution in [-0.2, 0) is 29.1 Å². The van der Waals surface area contributed by atoms with Crippen LogP contribution in [0.15, 0.2) is 65.6 Å². The minimum Gasteiger partial charge on any atom is -0.427 e. The number of nitrogens with one attached hydrogen (secondary N) is 1. The van der Waals surface area contributed by atoms with Gasteiger partial charge >= 0.3 is 5.97 Å². The standard InChI is InChI=1S/C23H19N3O9S/c1-13(27)34-15-8-6-14(7-9-15)25-21(28)19-17-10-11-23(35-17,20(19)22(25)29)12-24-36(32,33)18-5-3-2-4-16(18)26(30)31/h2-11,17,19-20,24H,12H2,1H3. The molecule has 13 heteroatoms. The molecule has 2 aromatic rings. The fourth-order valence-electron chi connectivity index (χ4n) is 4.91. The first-order valence-corrected chi connectivity index (χ1v) is 12.3. The van der Waals surface area contributed by atoms with Crippen molar-refractivity contribution < 1.29 is 37.2 Å². The molecule has 2 saturated heterocycles. The fourth-order valence-corrected chi connectivity index (χ4v) is 6.16. The first kappa shape index (κ1) is 23.8. The van der Waals surface area contributed by atoms with Crippen LogP contribution in [0.3, 0.4) is 0 Å². The normalized spacial score (nSPS) is 26.4. The van der Waals surface area contributed by atoms with Gasteiger partial charge in [-0.15, -0.1) is 0 Å². The number of para-hydroxylation sites is 1. The minimum atomic E-state index is -4.35.